The van der Waals surface area contributed by atoms with E-state index >= 15 is 0 Å². The predicted molar refractivity (Wildman–Crippen MR) is 150 cm³/mol. The Balaban J connectivity index is 1.96. The van der Waals surface area contributed by atoms with Gasteiger partial charge < -0.3 is 19.1 Å². The van der Waals surface area contributed by atoms with Crippen LogP contribution < -0.4 is 9.47 Å². The highest BCUT2D eigenvalue weighted by atomic mass is 35.5. The van der Waals surface area contributed by atoms with Crippen LogP contribution in [0.4, 0.5) is 0 Å². The van der Waals surface area contributed by atoms with E-state index in [0.717, 1.165) is 36.2 Å². The standard InChI is InChI=1S/C31H40ClNO5/c1-8-11-38-29-20(32)13-19(14-25(29)37-7)26-27-21(15-30(2,3)17-23(27)34)33(10-9-12-36-6)22-16-31(4,5)18-24(35)28(22)26/h8,13-14,26H,1,9-12,15-18H2,2-7H3. The molecule has 0 N–H and O–H groups in total. The second kappa shape index (κ2) is 10.9. The van der Waals surface area contributed by atoms with Crippen LogP contribution in [0.2, 0.25) is 5.02 Å². The number of benzene rings is 1. The summed E-state index contributed by atoms with van der Waals surface area (Å²) in [4.78, 5) is 30.1. The van der Waals surface area contributed by atoms with Gasteiger partial charge in [0.1, 0.15) is 6.61 Å². The van der Waals surface area contributed by atoms with Crippen molar-refractivity contribution >= 4 is 23.2 Å². The smallest absolute Gasteiger partial charge is 0.180 e. The highest BCUT2D eigenvalue weighted by Crippen LogP contribution is 2.55. The molecular weight excluding hydrogens is 502 g/mol. The molecule has 0 fully saturated rings. The average molecular weight is 542 g/mol. The fourth-order valence-corrected chi connectivity index (χ4v) is 6.48. The number of Topliss-reactive ketones (excluding diaryl/α,β-unsaturated/α-hetero) is 2. The lowest BCUT2D eigenvalue weighted by molar-refractivity contribution is -0.119. The zero-order valence-corrected chi connectivity index (χ0v) is 24.3. The average Bonchev–Trinajstić information content (AvgIpc) is 2.81. The Labute approximate surface area is 231 Å². The number of ether oxygens (including phenoxy) is 3. The van der Waals surface area contributed by atoms with Crippen molar-refractivity contribution in [3.05, 3.63) is 57.9 Å². The Kier molecular flexibility index (Phi) is 8.15. The minimum atomic E-state index is -0.495. The Morgan fingerprint density at radius 2 is 1.58 bits per heavy atom. The van der Waals surface area contributed by atoms with Gasteiger partial charge in [0.15, 0.2) is 23.1 Å². The van der Waals surface area contributed by atoms with Crippen LogP contribution in [0.3, 0.4) is 0 Å². The van der Waals surface area contributed by atoms with Crippen LogP contribution in [0.25, 0.3) is 0 Å². The number of methoxy groups -OCH3 is 2. The van der Waals surface area contributed by atoms with Crippen molar-refractivity contribution in [2.24, 2.45) is 10.8 Å². The summed E-state index contributed by atoms with van der Waals surface area (Å²) >= 11 is 6.73. The molecule has 0 saturated heterocycles. The molecule has 0 aromatic heterocycles. The van der Waals surface area contributed by atoms with Crippen LogP contribution in [-0.2, 0) is 14.3 Å². The summed E-state index contributed by atoms with van der Waals surface area (Å²) in [5, 5.41) is 0.375. The number of hydrogen-bond acceptors (Lipinski definition) is 6. The second-order valence-electron chi connectivity index (χ2n) is 12.2. The largest absolute Gasteiger partial charge is 0.493 e. The first-order chi connectivity index (χ1) is 17.9. The summed E-state index contributed by atoms with van der Waals surface area (Å²) in [5.74, 6) is 0.568. The van der Waals surface area contributed by atoms with Crippen molar-refractivity contribution in [3.8, 4) is 11.5 Å². The Morgan fingerprint density at radius 3 is 2.08 bits per heavy atom. The first kappa shape index (κ1) is 28.4. The van der Waals surface area contributed by atoms with Crippen LogP contribution >= 0.6 is 11.6 Å². The first-order valence-corrected chi connectivity index (χ1v) is 13.7. The van der Waals surface area contributed by atoms with Crippen molar-refractivity contribution in [1.82, 2.24) is 4.90 Å². The summed E-state index contributed by atoms with van der Waals surface area (Å²) in [6.07, 6.45) is 4.82. The highest BCUT2D eigenvalue weighted by Gasteiger charge is 2.49. The molecule has 1 aromatic rings. The third-order valence-corrected chi connectivity index (χ3v) is 7.96. The van der Waals surface area contributed by atoms with Gasteiger partial charge in [-0.2, -0.15) is 0 Å². The van der Waals surface area contributed by atoms with Gasteiger partial charge in [0.25, 0.3) is 0 Å². The number of rotatable bonds is 9. The lowest BCUT2D eigenvalue weighted by atomic mass is 9.63. The van der Waals surface area contributed by atoms with E-state index < -0.39 is 5.92 Å². The number of nitrogens with zero attached hydrogens (tertiary/aromatic N) is 1. The zero-order chi connectivity index (χ0) is 27.8. The van der Waals surface area contributed by atoms with Crippen molar-refractivity contribution in [2.45, 2.75) is 65.7 Å². The molecule has 1 heterocycles. The summed E-state index contributed by atoms with van der Waals surface area (Å²) in [6, 6.07) is 3.69. The molecule has 2 aliphatic carbocycles. The number of carbonyl (C=O) groups excluding carboxylic acids is 2. The third-order valence-electron chi connectivity index (χ3n) is 7.68. The molecule has 1 aliphatic heterocycles. The van der Waals surface area contributed by atoms with Crippen LogP contribution in [0.5, 0.6) is 11.5 Å². The maximum atomic E-state index is 13.9. The Morgan fingerprint density at radius 1 is 1.00 bits per heavy atom. The molecule has 0 amide bonds. The van der Waals surface area contributed by atoms with Crippen molar-refractivity contribution in [3.63, 3.8) is 0 Å². The Bertz CT molecular complexity index is 1150. The first-order valence-electron chi connectivity index (χ1n) is 13.3. The molecule has 0 spiro atoms. The lowest BCUT2D eigenvalue weighted by Crippen LogP contribution is -2.44. The van der Waals surface area contributed by atoms with E-state index in [1.165, 1.54) is 0 Å². The molecule has 3 aliphatic rings. The van der Waals surface area contributed by atoms with Gasteiger partial charge in [0.05, 0.1) is 12.1 Å². The van der Waals surface area contributed by atoms with Crippen molar-refractivity contribution in [1.29, 1.82) is 0 Å². The summed E-state index contributed by atoms with van der Waals surface area (Å²) < 4.78 is 16.8. The predicted octanol–water partition coefficient (Wildman–Crippen LogP) is 6.64. The van der Waals surface area contributed by atoms with E-state index in [4.69, 9.17) is 25.8 Å². The van der Waals surface area contributed by atoms with Gasteiger partial charge in [0, 0.05) is 61.6 Å². The van der Waals surface area contributed by atoms with Crippen LogP contribution in [0.1, 0.15) is 71.3 Å². The van der Waals surface area contributed by atoms with E-state index in [1.807, 2.05) is 12.1 Å². The van der Waals surface area contributed by atoms with Crippen LogP contribution in [0.15, 0.2) is 47.3 Å². The topological polar surface area (TPSA) is 65.1 Å². The van der Waals surface area contributed by atoms with Crippen LogP contribution in [-0.4, -0.2) is 50.4 Å². The van der Waals surface area contributed by atoms with Gasteiger partial charge in [-0.1, -0.05) is 52.0 Å². The lowest BCUT2D eigenvalue weighted by Gasteiger charge is -2.49. The maximum absolute atomic E-state index is 13.9. The number of allylic oxidation sites excluding steroid dienone is 4. The van der Waals surface area contributed by atoms with Gasteiger partial charge in [0.2, 0.25) is 0 Å². The molecule has 0 saturated carbocycles. The van der Waals surface area contributed by atoms with E-state index in [0.29, 0.717) is 53.7 Å². The number of hydrogen-bond donors (Lipinski definition) is 0. The summed E-state index contributed by atoms with van der Waals surface area (Å²) in [5.41, 5.74) is 3.90. The van der Waals surface area contributed by atoms with Crippen molar-refractivity contribution in [2.75, 3.05) is 34.0 Å². The number of ketones is 2. The Hall–Kier alpha value is -2.57. The van der Waals surface area contributed by atoms with Gasteiger partial charge in [-0.15, -0.1) is 0 Å². The number of halogens is 1. The minimum absolute atomic E-state index is 0.0873. The second-order valence-corrected chi connectivity index (χ2v) is 12.6. The SMILES string of the molecule is C=CCOc1c(Cl)cc(C2C3=C(CC(C)(C)CC3=O)N(CCCOC)C3=C2C(=O)CC(C)(C)C3)cc1OC. The number of carbonyl (C=O) groups is 2. The molecule has 0 unspecified atom stereocenters. The quantitative estimate of drug-likeness (QED) is 0.258. The van der Waals surface area contributed by atoms with Gasteiger partial charge in [-0.05, 0) is 47.8 Å². The molecule has 0 atom stereocenters. The van der Waals surface area contributed by atoms with Crippen molar-refractivity contribution < 1.29 is 23.8 Å². The minimum Gasteiger partial charge on any atom is -0.493 e. The van der Waals surface area contributed by atoms with E-state index in [2.05, 4.69) is 39.2 Å². The molecule has 7 heteroatoms. The molecule has 38 heavy (non-hydrogen) atoms. The molecule has 206 valence electrons. The van der Waals surface area contributed by atoms with Gasteiger partial charge in [-0.25, -0.2) is 0 Å². The van der Waals surface area contributed by atoms with Gasteiger partial charge >= 0.3 is 0 Å². The summed E-state index contributed by atoms with van der Waals surface area (Å²) in [6.45, 7) is 13.9. The fraction of sp³-hybridized carbons (Fsp3) is 0.548. The normalized spacial score (nSPS) is 20.9. The van der Waals surface area contributed by atoms with E-state index in [9.17, 15) is 9.59 Å². The van der Waals surface area contributed by atoms with E-state index in [-0.39, 0.29) is 29.0 Å². The molecule has 4 rings (SSSR count). The molecule has 0 radical (unpaired) electrons. The third kappa shape index (κ3) is 5.43. The molecule has 1 aromatic carbocycles. The highest BCUT2D eigenvalue weighted by molar-refractivity contribution is 6.32. The summed E-state index contributed by atoms with van der Waals surface area (Å²) in [7, 11) is 3.26. The maximum Gasteiger partial charge on any atom is 0.180 e. The zero-order valence-electron chi connectivity index (χ0n) is 23.5. The van der Waals surface area contributed by atoms with Crippen LogP contribution in [0, 0.1) is 10.8 Å². The molecule has 6 nitrogen and oxygen atoms in total. The molecule has 0 bridgehead atoms. The molecular formula is C31H40ClNO5. The van der Waals surface area contributed by atoms with Gasteiger partial charge in [-0.3, -0.25) is 9.59 Å². The van der Waals surface area contributed by atoms with E-state index in [1.54, 1.807) is 20.3 Å². The monoisotopic (exact) mass is 541 g/mol. The fourth-order valence-electron chi connectivity index (χ4n) is 6.21.